The fourth-order valence-corrected chi connectivity index (χ4v) is 4.05. The van der Waals surface area contributed by atoms with Gasteiger partial charge >= 0.3 is 5.97 Å². The maximum Gasteiger partial charge on any atom is 0.305 e. The van der Waals surface area contributed by atoms with Crippen molar-refractivity contribution in [2.24, 2.45) is 0 Å². The van der Waals surface area contributed by atoms with Crippen LogP contribution in [0.5, 0.6) is 0 Å². The molecule has 2 N–H and O–H groups in total. The number of pyridine rings is 1. The highest BCUT2D eigenvalue weighted by Gasteiger charge is 2.16. The van der Waals surface area contributed by atoms with Gasteiger partial charge in [0.05, 0.1) is 6.42 Å². The molecule has 0 aliphatic heterocycles. The summed E-state index contributed by atoms with van der Waals surface area (Å²) in [6, 6.07) is 9.76. The third kappa shape index (κ3) is 5.24. The Kier molecular flexibility index (Phi) is 6.86. The van der Waals surface area contributed by atoms with Crippen molar-refractivity contribution >= 4 is 27.1 Å². The molecular weight excluding hydrogens is 404 g/mol. The van der Waals surface area contributed by atoms with Crippen molar-refractivity contribution in [3.05, 3.63) is 65.6 Å². The van der Waals surface area contributed by atoms with Gasteiger partial charge in [-0.05, 0) is 35.2 Å². The maximum atomic E-state index is 12.0. The first-order valence-electron chi connectivity index (χ1n) is 9.65. The van der Waals surface area contributed by atoms with E-state index in [4.69, 9.17) is 5.11 Å². The lowest BCUT2D eigenvalue weighted by atomic mass is 10.00. The molecule has 1 aromatic carbocycles. The monoisotopic (exact) mass is 430 g/mol. The van der Waals surface area contributed by atoms with E-state index in [0.717, 1.165) is 31.9 Å². The zero-order valence-corrected chi connectivity index (χ0v) is 17.9. The molecule has 3 aromatic rings. The predicted octanol–water partition coefficient (Wildman–Crippen LogP) is 2.04. The Balaban J connectivity index is 1.95. The Labute approximate surface area is 176 Å². The average Bonchev–Trinajstić information content (AvgIpc) is 3.05. The fraction of sp³-hybridized carbons (Fsp3) is 0.333. The fourth-order valence-electron chi connectivity index (χ4n) is 3.43. The molecule has 0 saturated heterocycles. The van der Waals surface area contributed by atoms with Gasteiger partial charge in [-0.1, -0.05) is 18.2 Å². The number of carbonyl (C=O) groups is 1. The van der Waals surface area contributed by atoms with E-state index in [0.29, 0.717) is 19.4 Å². The van der Waals surface area contributed by atoms with E-state index < -0.39 is 16.2 Å². The third-order valence-electron chi connectivity index (χ3n) is 4.91. The summed E-state index contributed by atoms with van der Waals surface area (Å²) in [5.74, 6) is -0.847. The summed E-state index contributed by atoms with van der Waals surface area (Å²) in [7, 11) is -0.521. The number of aliphatic carboxylic acids is 1. The zero-order valence-electron chi connectivity index (χ0n) is 17.1. The van der Waals surface area contributed by atoms with E-state index in [1.54, 1.807) is 6.20 Å². The minimum Gasteiger partial charge on any atom is -0.481 e. The Hall–Kier alpha value is -2.75. The van der Waals surface area contributed by atoms with Gasteiger partial charge in [-0.2, -0.15) is 12.7 Å². The second-order valence-corrected chi connectivity index (χ2v) is 9.24. The molecular formula is C21H26N4O4S. The van der Waals surface area contributed by atoms with Crippen LogP contribution >= 0.6 is 0 Å². The molecule has 3 rings (SSSR count). The predicted molar refractivity (Wildman–Crippen MR) is 116 cm³/mol. The molecule has 0 saturated carbocycles. The molecule has 8 nitrogen and oxygen atoms in total. The molecule has 0 radical (unpaired) electrons. The molecule has 0 atom stereocenters. The highest BCUT2D eigenvalue weighted by molar-refractivity contribution is 7.87. The van der Waals surface area contributed by atoms with E-state index in [1.165, 1.54) is 14.1 Å². The SMILES string of the molecule is CN(C)S(=O)(=O)NCCc1cccc2c1c(Cc1cccnc1)cn2CCC(=O)O. The van der Waals surface area contributed by atoms with Crippen LogP contribution < -0.4 is 4.72 Å². The van der Waals surface area contributed by atoms with Gasteiger partial charge in [-0.3, -0.25) is 9.78 Å². The molecule has 30 heavy (non-hydrogen) atoms. The van der Waals surface area contributed by atoms with Gasteiger partial charge in [0.25, 0.3) is 10.2 Å². The lowest BCUT2D eigenvalue weighted by Gasteiger charge is -2.13. The van der Waals surface area contributed by atoms with Crippen LogP contribution in [0.1, 0.15) is 23.1 Å². The van der Waals surface area contributed by atoms with Crippen molar-refractivity contribution in [3.8, 4) is 0 Å². The highest BCUT2D eigenvalue weighted by atomic mass is 32.2. The smallest absolute Gasteiger partial charge is 0.305 e. The zero-order chi connectivity index (χ0) is 21.7. The van der Waals surface area contributed by atoms with Gasteiger partial charge < -0.3 is 9.67 Å². The molecule has 0 aliphatic carbocycles. The van der Waals surface area contributed by atoms with Gasteiger partial charge in [0.15, 0.2) is 0 Å². The number of carboxylic acids is 1. The van der Waals surface area contributed by atoms with E-state index in [-0.39, 0.29) is 13.0 Å². The lowest BCUT2D eigenvalue weighted by molar-refractivity contribution is -0.137. The minimum atomic E-state index is -3.49. The molecule has 2 heterocycles. The van der Waals surface area contributed by atoms with Gasteiger partial charge in [0.2, 0.25) is 0 Å². The number of carboxylic acid groups (broad SMARTS) is 1. The van der Waals surface area contributed by atoms with Gasteiger partial charge in [-0.25, -0.2) is 4.72 Å². The third-order valence-corrected chi connectivity index (χ3v) is 6.44. The largest absolute Gasteiger partial charge is 0.481 e. The summed E-state index contributed by atoms with van der Waals surface area (Å²) in [5, 5.41) is 10.1. The number of nitrogens with zero attached hydrogens (tertiary/aromatic N) is 3. The topological polar surface area (TPSA) is 105 Å². The highest BCUT2D eigenvalue weighted by Crippen LogP contribution is 2.28. The number of fused-ring (bicyclic) bond motifs is 1. The number of hydrogen-bond donors (Lipinski definition) is 2. The van der Waals surface area contributed by atoms with Crippen molar-refractivity contribution < 1.29 is 18.3 Å². The molecule has 0 aliphatic rings. The van der Waals surface area contributed by atoms with Crippen LogP contribution in [0.15, 0.2) is 48.9 Å². The number of aromatic nitrogens is 2. The van der Waals surface area contributed by atoms with Crippen LogP contribution in [-0.4, -0.2) is 54.0 Å². The second kappa shape index (κ2) is 9.38. The molecule has 0 unspecified atom stereocenters. The van der Waals surface area contributed by atoms with Crippen LogP contribution in [-0.2, 0) is 34.4 Å². The standard InChI is InChI=1S/C21H26N4O4S/c1-24(2)30(28,29)23-11-8-17-6-3-7-19-21(17)18(13-16-5-4-10-22-14-16)15-25(19)12-9-20(26)27/h3-7,10,14-15,23H,8-9,11-13H2,1-2H3,(H,26,27). The molecule has 0 fully saturated rings. The van der Waals surface area contributed by atoms with Gasteiger partial charge in [-0.15, -0.1) is 0 Å². The van der Waals surface area contributed by atoms with Crippen molar-refractivity contribution in [2.45, 2.75) is 25.8 Å². The Morgan fingerprint density at radius 2 is 2.00 bits per heavy atom. The van der Waals surface area contributed by atoms with Gasteiger partial charge in [0, 0.05) is 63.1 Å². The second-order valence-electron chi connectivity index (χ2n) is 7.27. The van der Waals surface area contributed by atoms with Crippen molar-refractivity contribution in [1.82, 2.24) is 18.6 Å². The van der Waals surface area contributed by atoms with Crippen molar-refractivity contribution in [2.75, 3.05) is 20.6 Å². The molecule has 0 spiro atoms. The summed E-state index contributed by atoms with van der Waals surface area (Å²) in [5.41, 5.74) is 4.08. The number of rotatable bonds is 10. The number of benzene rings is 1. The van der Waals surface area contributed by atoms with Crippen LogP contribution in [0.4, 0.5) is 0 Å². The quantitative estimate of drug-likeness (QED) is 0.512. The van der Waals surface area contributed by atoms with Crippen LogP contribution in [0, 0.1) is 0 Å². The minimum absolute atomic E-state index is 0.0307. The van der Waals surface area contributed by atoms with Crippen molar-refractivity contribution in [3.63, 3.8) is 0 Å². The van der Waals surface area contributed by atoms with Gasteiger partial charge in [0.1, 0.15) is 0 Å². The van der Waals surface area contributed by atoms with E-state index >= 15 is 0 Å². The summed E-state index contributed by atoms with van der Waals surface area (Å²) >= 11 is 0. The maximum absolute atomic E-state index is 12.0. The molecule has 160 valence electrons. The van der Waals surface area contributed by atoms with Crippen molar-refractivity contribution in [1.29, 1.82) is 0 Å². The van der Waals surface area contributed by atoms with E-state index in [2.05, 4.69) is 9.71 Å². The Bertz CT molecular complexity index is 1120. The lowest BCUT2D eigenvalue weighted by Crippen LogP contribution is -2.36. The summed E-state index contributed by atoms with van der Waals surface area (Å²) in [6.45, 7) is 0.641. The first-order valence-corrected chi connectivity index (χ1v) is 11.1. The van der Waals surface area contributed by atoms with E-state index in [9.17, 15) is 13.2 Å². The Morgan fingerprint density at radius 1 is 1.20 bits per heavy atom. The summed E-state index contributed by atoms with van der Waals surface area (Å²) in [4.78, 5) is 15.3. The van der Waals surface area contributed by atoms with E-state index in [1.807, 2.05) is 47.3 Å². The molecule has 2 aromatic heterocycles. The number of aryl methyl sites for hydroxylation is 1. The van der Waals surface area contributed by atoms with Crippen LogP contribution in [0.3, 0.4) is 0 Å². The first-order chi connectivity index (χ1) is 14.3. The molecule has 0 amide bonds. The molecule has 0 bridgehead atoms. The van der Waals surface area contributed by atoms with Crippen LogP contribution in [0.25, 0.3) is 10.9 Å². The summed E-state index contributed by atoms with van der Waals surface area (Å²) < 4.78 is 29.7. The Morgan fingerprint density at radius 3 is 2.67 bits per heavy atom. The van der Waals surface area contributed by atoms with Crippen LogP contribution in [0.2, 0.25) is 0 Å². The first kappa shape index (κ1) is 21.9. The number of hydrogen-bond acceptors (Lipinski definition) is 4. The average molecular weight is 431 g/mol. The molecule has 9 heteroatoms. The number of nitrogens with one attached hydrogen (secondary N) is 1. The normalized spacial score (nSPS) is 12.0. The summed E-state index contributed by atoms with van der Waals surface area (Å²) in [6.07, 6.45) is 6.74.